The largest absolute Gasteiger partial charge is 0.465 e. The molecule has 0 aromatic heterocycles. The first-order valence-electron chi connectivity index (χ1n) is 8.57. The number of esters is 1. The maximum absolute atomic E-state index is 11.8. The van der Waals surface area contributed by atoms with Crippen LogP contribution in [0.25, 0.3) is 0 Å². The number of thiocarbonyl (C=S) groups is 1. The predicted molar refractivity (Wildman–Crippen MR) is 109 cm³/mol. The van der Waals surface area contributed by atoms with E-state index in [0.717, 1.165) is 25.7 Å². The van der Waals surface area contributed by atoms with Crippen molar-refractivity contribution in [1.82, 2.24) is 5.32 Å². The highest BCUT2D eigenvalue weighted by Crippen LogP contribution is 2.38. The monoisotopic (exact) mass is 388 g/mol. The van der Waals surface area contributed by atoms with Gasteiger partial charge in [0.1, 0.15) is 0 Å². The molecule has 1 aliphatic rings. The third kappa shape index (κ3) is 4.00. The lowest BCUT2D eigenvalue weighted by molar-refractivity contribution is 0.0601. The molecule has 0 spiro atoms. The van der Waals surface area contributed by atoms with Crippen molar-refractivity contribution in [3.05, 3.63) is 64.7 Å². The van der Waals surface area contributed by atoms with Crippen LogP contribution >= 0.6 is 23.8 Å². The Morgan fingerprint density at radius 1 is 1.15 bits per heavy atom. The van der Waals surface area contributed by atoms with Crippen molar-refractivity contribution in [2.75, 3.05) is 12.4 Å². The van der Waals surface area contributed by atoms with Crippen LogP contribution in [0.15, 0.2) is 48.5 Å². The lowest BCUT2D eigenvalue weighted by Crippen LogP contribution is -2.45. The maximum Gasteiger partial charge on any atom is 0.339 e. The summed E-state index contributed by atoms with van der Waals surface area (Å²) < 4.78 is 4.76. The molecule has 0 bridgehead atoms. The molecule has 0 heterocycles. The summed E-state index contributed by atoms with van der Waals surface area (Å²) >= 11 is 11.6. The molecule has 0 radical (unpaired) electrons. The lowest BCUT2D eigenvalue weighted by Gasteiger charge is -2.32. The minimum Gasteiger partial charge on any atom is -0.465 e. The van der Waals surface area contributed by atoms with Gasteiger partial charge in [0.15, 0.2) is 5.11 Å². The standard InChI is InChI=1S/C20H21ClN2O2S/c1-25-18(24)16-13-15(9-10-17(16)21)22-19(26)23-20(11-5-6-12-20)14-7-3-2-4-8-14/h2-4,7-10,13H,5-6,11-12H2,1H3,(H2,22,23,26). The van der Waals surface area contributed by atoms with Gasteiger partial charge in [-0.15, -0.1) is 0 Å². The van der Waals surface area contributed by atoms with Crippen LogP contribution in [-0.2, 0) is 10.3 Å². The van der Waals surface area contributed by atoms with Crippen molar-refractivity contribution in [3.8, 4) is 0 Å². The molecule has 26 heavy (non-hydrogen) atoms. The lowest BCUT2D eigenvalue weighted by atomic mass is 9.88. The molecule has 2 N–H and O–H groups in total. The molecule has 2 aromatic rings. The smallest absolute Gasteiger partial charge is 0.339 e. The first-order chi connectivity index (χ1) is 12.5. The molecule has 1 aliphatic carbocycles. The highest BCUT2D eigenvalue weighted by atomic mass is 35.5. The highest BCUT2D eigenvalue weighted by Gasteiger charge is 2.36. The summed E-state index contributed by atoms with van der Waals surface area (Å²) in [5.41, 5.74) is 2.09. The number of hydrogen-bond donors (Lipinski definition) is 2. The third-order valence-electron chi connectivity index (χ3n) is 4.77. The molecule has 0 amide bonds. The predicted octanol–water partition coefficient (Wildman–Crippen LogP) is 4.88. The number of carbonyl (C=O) groups is 1. The molecule has 0 saturated heterocycles. The number of benzene rings is 2. The summed E-state index contributed by atoms with van der Waals surface area (Å²) in [7, 11) is 1.33. The van der Waals surface area contributed by atoms with Gasteiger partial charge in [0.2, 0.25) is 0 Å². The summed E-state index contributed by atoms with van der Waals surface area (Å²) in [4.78, 5) is 11.8. The van der Waals surface area contributed by atoms with E-state index in [1.165, 1.54) is 12.7 Å². The van der Waals surface area contributed by atoms with Crippen LogP contribution in [0.2, 0.25) is 5.02 Å². The van der Waals surface area contributed by atoms with Crippen LogP contribution in [0.5, 0.6) is 0 Å². The number of ether oxygens (including phenoxy) is 1. The number of carbonyl (C=O) groups excluding carboxylic acids is 1. The van der Waals surface area contributed by atoms with Gasteiger partial charge in [0.05, 0.1) is 23.2 Å². The Morgan fingerprint density at radius 2 is 1.85 bits per heavy atom. The molecule has 0 atom stereocenters. The third-order valence-corrected chi connectivity index (χ3v) is 5.30. The molecule has 3 rings (SSSR count). The van der Waals surface area contributed by atoms with Crippen LogP contribution in [0.4, 0.5) is 5.69 Å². The Hall–Kier alpha value is -2.11. The van der Waals surface area contributed by atoms with Gasteiger partial charge in [-0.2, -0.15) is 0 Å². The quantitative estimate of drug-likeness (QED) is 0.577. The van der Waals surface area contributed by atoms with E-state index in [0.29, 0.717) is 21.4 Å². The second-order valence-electron chi connectivity index (χ2n) is 6.42. The molecule has 0 aliphatic heterocycles. The van der Waals surface area contributed by atoms with Crippen LogP contribution in [0, 0.1) is 0 Å². The minimum atomic E-state index is -0.478. The van der Waals surface area contributed by atoms with Crippen molar-refractivity contribution in [2.45, 2.75) is 31.2 Å². The van der Waals surface area contributed by atoms with E-state index in [2.05, 4.69) is 34.9 Å². The van der Waals surface area contributed by atoms with Crippen LogP contribution in [0.1, 0.15) is 41.6 Å². The van der Waals surface area contributed by atoms with E-state index in [-0.39, 0.29) is 5.54 Å². The fraction of sp³-hybridized carbons (Fsp3) is 0.300. The maximum atomic E-state index is 11.8. The molecule has 0 unspecified atom stereocenters. The average Bonchev–Trinajstić information content (AvgIpc) is 3.13. The van der Waals surface area contributed by atoms with Crippen molar-refractivity contribution in [2.24, 2.45) is 0 Å². The Labute approximate surface area is 163 Å². The molecule has 2 aromatic carbocycles. The molecular formula is C20H21ClN2O2S. The molecule has 1 fully saturated rings. The number of halogens is 1. The zero-order valence-electron chi connectivity index (χ0n) is 14.5. The Bertz CT molecular complexity index is 805. The number of nitrogens with one attached hydrogen (secondary N) is 2. The number of rotatable bonds is 4. The van der Waals surface area contributed by atoms with Crippen molar-refractivity contribution in [3.63, 3.8) is 0 Å². The van der Waals surface area contributed by atoms with Gasteiger partial charge in [-0.1, -0.05) is 54.8 Å². The second kappa shape index (κ2) is 8.06. The van der Waals surface area contributed by atoms with E-state index in [9.17, 15) is 4.79 Å². The van der Waals surface area contributed by atoms with Gasteiger partial charge in [-0.05, 0) is 48.8 Å². The zero-order chi connectivity index (χ0) is 18.6. The second-order valence-corrected chi connectivity index (χ2v) is 7.24. The average molecular weight is 389 g/mol. The van der Waals surface area contributed by atoms with E-state index >= 15 is 0 Å². The highest BCUT2D eigenvalue weighted by molar-refractivity contribution is 7.80. The molecular weight excluding hydrogens is 368 g/mol. The number of hydrogen-bond acceptors (Lipinski definition) is 3. The van der Waals surface area contributed by atoms with Crippen molar-refractivity contribution < 1.29 is 9.53 Å². The zero-order valence-corrected chi connectivity index (χ0v) is 16.1. The topological polar surface area (TPSA) is 50.4 Å². The fourth-order valence-corrected chi connectivity index (χ4v) is 3.98. The van der Waals surface area contributed by atoms with Crippen molar-refractivity contribution in [1.29, 1.82) is 0 Å². The minimum absolute atomic E-state index is 0.150. The van der Waals surface area contributed by atoms with E-state index in [1.807, 2.05) is 6.07 Å². The summed E-state index contributed by atoms with van der Waals surface area (Å²) in [5, 5.41) is 7.54. The van der Waals surface area contributed by atoms with Gasteiger partial charge < -0.3 is 15.4 Å². The first kappa shape index (κ1) is 18.7. The number of methoxy groups -OCH3 is 1. The molecule has 6 heteroatoms. The van der Waals surface area contributed by atoms with Gasteiger partial charge in [0.25, 0.3) is 0 Å². The van der Waals surface area contributed by atoms with Gasteiger partial charge >= 0.3 is 5.97 Å². The first-order valence-corrected chi connectivity index (χ1v) is 9.35. The van der Waals surface area contributed by atoms with E-state index in [1.54, 1.807) is 18.2 Å². The Balaban J connectivity index is 1.77. The summed E-state index contributed by atoms with van der Waals surface area (Å²) in [6.07, 6.45) is 4.40. The van der Waals surface area contributed by atoms with Gasteiger partial charge in [-0.25, -0.2) is 4.79 Å². The fourth-order valence-electron chi connectivity index (χ4n) is 3.47. The summed E-state index contributed by atoms with van der Waals surface area (Å²) in [6.45, 7) is 0. The van der Waals surface area contributed by atoms with Crippen molar-refractivity contribution >= 4 is 40.6 Å². The number of anilines is 1. The SMILES string of the molecule is COC(=O)c1cc(NC(=S)NC2(c3ccccc3)CCCC2)ccc1Cl. The van der Waals surface area contributed by atoms with Crippen LogP contribution in [-0.4, -0.2) is 18.2 Å². The van der Waals surface area contributed by atoms with E-state index < -0.39 is 5.97 Å². The van der Waals surface area contributed by atoms with Gasteiger partial charge in [0, 0.05) is 5.69 Å². The summed E-state index contributed by atoms with van der Waals surface area (Å²) in [5.74, 6) is -0.478. The molecule has 1 saturated carbocycles. The Kier molecular flexibility index (Phi) is 5.79. The van der Waals surface area contributed by atoms with Crippen LogP contribution < -0.4 is 10.6 Å². The molecule has 136 valence electrons. The van der Waals surface area contributed by atoms with Crippen LogP contribution in [0.3, 0.4) is 0 Å². The Morgan fingerprint density at radius 3 is 2.50 bits per heavy atom. The molecule has 4 nitrogen and oxygen atoms in total. The normalized spacial score (nSPS) is 15.3. The summed E-state index contributed by atoms with van der Waals surface area (Å²) in [6, 6.07) is 15.5. The van der Waals surface area contributed by atoms with E-state index in [4.69, 9.17) is 28.6 Å². The van der Waals surface area contributed by atoms with Gasteiger partial charge in [-0.3, -0.25) is 0 Å².